The lowest BCUT2D eigenvalue weighted by atomic mass is 9.94. The second-order valence-corrected chi connectivity index (χ2v) is 6.63. The normalized spacial score (nSPS) is 27.7. The minimum atomic E-state index is -0.800. The second-order valence-electron chi connectivity index (χ2n) is 6.63. The second kappa shape index (κ2) is 7.02. The minimum absolute atomic E-state index is 0.108. The summed E-state index contributed by atoms with van der Waals surface area (Å²) in [6, 6.07) is 10.4. The smallest absolute Gasteiger partial charge is 0.317 e. The van der Waals surface area contributed by atoms with E-state index in [1.165, 1.54) is 5.56 Å². The molecule has 3 rings (SSSR count). The molecule has 1 saturated heterocycles. The van der Waals surface area contributed by atoms with Crippen LogP contribution < -0.4 is 5.32 Å². The van der Waals surface area contributed by atoms with Crippen LogP contribution in [0.25, 0.3) is 0 Å². The van der Waals surface area contributed by atoms with Gasteiger partial charge in [0.05, 0.1) is 5.92 Å². The molecule has 0 radical (unpaired) electrons. The van der Waals surface area contributed by atoms with Gasteiger partial charge in [0, 0.05) is 25.0 Å². The predicted octanol–water partition coefficient (Wildman–Crippen LogP) is 2.83. The Bertz CT molecular complexity index is 561. The number of carboxylic acid groups (broad SMARTS) is 1. The third kappa shape index (κ3) is 3.66. The quantitative estimate of drug-likeness (QED) is 0.901. The summed E-state index contributed by atoms with van der Waals surface area (Å²) in [5.41, 5.74) is 1.28. The van der Waals surface area contributed by atoms with Gasteiger partial charge in [-0.3, -0.25) is 4.79 Å². The van der Waals surface area contributed by atoms with Crippen LogP contribution in [0.3, 0.4) is 0 Å². The van der Waals surface area contributed by atoms with Crippen molar-refractivity contribution in [3.63, 3.8) is 0 Å². The number of aliphatic carboxylic acids is 1. The molecule has 2 fully saturated rings. The number of nitrogens with one attached hydrogen (secondary N) is 1. The van der Waals surface area contributed by atoms with Crippen LogP contribution in [0.2, 0.25) is 0 Å². The van der Waals surface area contributed by atoms with E-state index < -0.39 is 11.9 Å². The van der Waals surface area contributed by atoms with Crippen LogP contribution in [-0.4, -0.2) is 41.1 Å². The first-order valence-corrected chi connectivity index (χ1v) is 8.48. The van der Waals surface area contributed by atoms with Gasteiger partial charge in [0.1, 0.15) is 0 Å². The zero-order valence-corrected chi connectivity index (χ0v) is 13.3. The topological polar surface area (TPSA) is 69.6 Å². The zero-order chi connectivity index (χ0) is 16.2. The Morgan fingerprint density at radius 3 is 2.61 bits per heavy atom. The first-order chi connectivity index (χ1) is 11.1. The molecule has 1 aromatic carbocycles. The monoisotopic (exact) mass is 316 g/mol. The van der Waals surface area contributed by atoms with Crippen molar-refractivity contribution in [3.05, 3.63) is 35.9 Å². The Morgan fingerprint density at radius 1 is 1.09 bits per heavy atom. The largest absolute Gasteiger partial charge is 0.481 e. The number of likely N-dealkylation sites (tertiary alicyclic amines) is 1. The lowest BCUT2D eigenvalue weighted by Gasteiger charge is -2.32. The number of nitrogens with zero attached hydrogens (tertiary/aromatic N) is 1. The van der Waals surface area contributed by atoms with Gasteiger partial charge < -0.3 is 15.3 Å². The molecule has 1 aromatic rings. The molecule has 1 aliphatic heterocycles. The molecule has 1 saturated carbocycles. The maximum atomic E-state index is 12.5. The summed E-state index contributed by atoms with van der Waals surface area (Å²) >= 11 is 0. The van der Waals surface area contributed by atoms with Crippen molar-refractivity contribution in [2.75, 3.05) is 13.1 Å². The van der Waals surface area contributed by atoms with Gasteiger partial charge in [0.2, 0.25) is 0 Å². The summed E-state index contributed by atoms with van der Waals surface area (Å²) < 4.78 is 0. The van der Waals surface area contributed by atoms with Crippen molar-refractivity contribution in [2.24, 2.45) is 5.92 Å². The molecule has 23 heavy (non-hydrogen) atoms. The summed E-state index contributed by atoms with van der Waals surface area (Å²) in [6.45, 7) is 0.974. The number of carboxylic acids is 1. The molecule has 0 spiro atoms. The molecule has 0 aromatic heterocycles. The summed E-state index contributed by atoms with van der Waals surface area (Å²) in [6.07, 6.45) is 4.61. The van der Waals surface area contributed by atoms with E-state index in [0.717, 1.165) is 25.7 Å². The number of carbonyl (C=O) groups excluding carboxylic acids is 1. The van der Waals surface area contributed by atoms with Crippen molar-refractivity contribution in [1.82, 2.24) is 10.2 Å². The average Bonchev–Trinajstić information content (AvgIpc) is 3.04. The molecule has 124 valence electrons. The minimum Gasteiger partial charge on any atom is -0.481 e. The van der Waals surface area contributed by atoms with Crippen molar-refractivity contribution >= 4 is 12.0 Å². The first kappa shape index (κ1) is 15.8. The van der Waals surface area contributed by atoms with Gasteiger partial charge in [-0.25, -0.2) is 4.79 Å². The fourth-order valence-corrected chi connectivity index (χ4v) is 3.85. The molecule has 3 atom stereocenters. The van der Waals surface area contributed by atoms with E-state index in [1.807, 2.05) is 18.2 Å². The van der Waals surface area contributed by atoms with Crippen molar-refractivity contribution in [3.8, 4) is 0 Å². The summed E-state index contributed by atoms with van der Waals surface area (Å²) in [4.78, 5) is 25.3. The highest BCUT2D eigenvalue weighted by atomic mass is 16.4. The Balaban J connectivity index is 1.62. The number of hydrogen-bond donors (Lipinski definition) is 2. The third-order valence-corrected chi connectivity index (χ3v) is 5.11. The van der Waals surface area contributed by atoms with E-state index in [9.17, 15) is 9.59 Å². The van der Waals surface area contributed by atoms with Crippen LogP contribution in [-0.2, 0) is 4.79 Å². The van der Waals surface area contributed by atoms with E-state index in [1.54, 1.807) is 4.90 Å². The van der Waals surface area contributed by atoms with E-state index >= 15 is 0 Å². The SMILES string of the molecule is O=C(O)C1CCCN(C(=O)N[C@@H]2CCC[C@H]2c2ccccc2)C1. The average molecular weight is 316 g/mol. The Kier molecular flexibility index (Phi) is 4.84. The molecular formula is C18H24N2O3. The predicted molar refractivity (Wildman–Crippen MR) is 87.3 cm³/mol. The molecule has 2 aliphatic rings. The van der Waals surface area contributed by atoms with Gasteiger partial charge in [-0.05, 0) is 31.2 Å². The van der Waals surface area contributed by atoms with Gasteiger partial charge in [-0.1, -0.05) is 36.8 Å². The van der Waals surface area contributed by atoms with Crippen molar-refractivity contribution < 1.29 is 14.7 Å². The van der Waals surface area contributed by atoms with Gasteiger partial charge >= 0.3 is 12.0 Å². The highest BCUT2D eigenvalue weighted by molar-refractivity contribution is 5.77. The van der Waals surface area contributed by atoms with Gasteiger partial charge in [-0.15, -0.1) is 0 Å². The molecule has 5 heteroatoms. The fraction of sp³-hybridized carbons (Fsp3) is 0.556. The fourth-order valence-electron chi connectivity index (χ4n) is 3.85. The van der Waals surface area contributed by atoms with Gasteiger partial charge in [0.25, 0.3) is 0 Å². The van der Waals surface area contributed by atoms with Crippen LogP contribution in [0.5, 0.6) is 0 Å². The summed E-state index contributed by atoms with van der Waals surface area (Å²) in [7, 11) is 0. The molecule has 0 bridgehead atoms. The van der Waals surface area contributed by atoms with Crippen molar-refractivity contribution in [2.45, 2.75) is 44.1 Å². The number of carbonyl (C=O) groups is 2. The van der Waals surface area contributed by atoms with E-state index in [0.29, 0.717) is 25.4 Å². The van der Waals surface area contributed by atoms with E-state index in [2.05, 4.69) is 17.4 Å². The molecule has 2 N–H and O–H groups in total. The Hall–Kier alpha value is -2.04. The number of hydrogen-bond acceptors (Lipinski definition) is 2. The third-order valence-electron chi connectivity index (χ3n) is 5.11. The summed E-state index contributed by atoms with van der Waals surface area (Å²) in [5.74, 6) is -0.867. The highest BCUT2D eigenvalue weighted by Gasteiger charge is 2.33. The number of rotatable bonds is 3. The van der Waals surface area contributed by atoms with E-state index in [4.69, 9.17) is 5.11 Å². The summed E-state index contributed by atoms with van der Waals surface area (Å²) in [5, 5.41) is 12.3. The van der Waals surface area contributed by atoms with Crippen LogP contribution in [0.4, 0.5) is 4.79 Å². The Labute approximate surface area is 136 Å². The van der Waals surface area contributed by atoms with Gasteiger partial charge in [-0.2, -0.15) is 0 Å². The maximum absolute atomic E-state index is 12.5. The number of benzene rings is 1. The molecule has 2 amide bonds. The van der Waals surface area contributed by atoms with Crippen LogP contribution in [0.15, 0.2) is 30.3 Å². The number of amides is 2. The van der Waals surface area contributed by atoms with E-state index in [-0.39, 0.29) is 12.1 Å². The number of piperidine rings is 1. The van der Waals surface area contributed by atoms with Crippen LogP contribution >= 0.6 is 0 Å². The standard InChI is InChI=1S/C18H24N2O3/c21-17(22)14-8-5-11-20(12-14)18(23)19-16-10-4-9-15(16)13-6-2-1-3-7-13/h1-3,6-7,14-16H,4-5,8-12H2,(H,19,23)(H,21,22)/t14?,15-,16+/m0/s1. The maximum Gasteiger partial charge on any atom is 0.317 e. The van der Waals surface area contributed by atoms with Gasteiger partial charge in [0.15, 0.2) is 0 Å². The molecule has 1 unspecified atom stereocenters. The lowest BCUT2D eigenvalue weighted by Crippen LogP contribution is -2.50. The highest BCUT2D eigenvalue weighted by Crippen LogP contribution is 2.34. The number of urea groups is 1. The lowest BCUT2D eigenvalue weighted by molar-refractivity contribution is -0.143. The first-order valence-electron chi connectivity index (χ1n) is 8.48. The molecule has 5 nitrogen and oxygen atoms in total. The van der Waals surface area contributed by atoms with Crippen LogP contribution in [0, 0.1) is 5.92 Å². The van der Waals surface area contributed by atoms with Crippen molar-refractivity contribution in [1.29, 1.82) is 0 Å². The Morgan fingerprint density at radius 2 is 1.87 bits per heavy atom. The molecular weight excluding hydrogens is 292 g/mol. The van der Waals surface area contributed by atoms with Crippen LogP contribution in [0.1, 0.15) is 43.6 Å². The zero-order valence-electron chi connectivity index (χ0n) is 13.3. The molecule has 1 aliphatic carbocycles. The molecule has 1 heterocycles.